The Bertz CT molecular complexity index is 638. The van der Waals surface area contributed by atoms with Crippen LogP contribution in [0.3, 0.4) is 0 Å². The molecule has 0 fully saturated rings. The van der Waals surface area contributed by atoms with E-state index in [0.29, 0.717) is 0 Å². The zero-order valence-corrected chi connectivity index (χ0v) is 13.4. The minimum atomic E-state index is -0.487. The summed E-state index contributed by atoms with van der Waals surface area (Å²) in [5.74, 6) is 0. The molecule has 4 heteroatoms. The second-order valence-corrected chi connectivity index (χ2v) is 6.40. The van der Waals surface area contributed by atoms with Crippen LogP contribution >= 0.6 is 0 Å². The van der Waals surface area contributed by atoms with Gasteiger partial charge in [0.1, 0.15) is 5.60 Å². The van der Waals surface area contributed by atoms with E-state index in [1.807, 2.05) is 27.0 Å². The molecule has 0 aliphatic carbocycles. The molecule has 0 radical (unpaired) electrons. The predicted molar refractivity (Wildman–Crippen MR) is 85.4 cm³/mol. The summed E-state index contributed by atoms with van der Waals surface area (Å²) in [6, 6.07) is 6.22. The second kappa shape index (κ2) is 5.80. The third kappa shape index (κ3) is 3.78. The summed E-state index contributed by atoms with van der Waals surface area (Å²) in [5.41, 5.74) is 2.90. The highest BCUT2D eigenvalue weighted by atomic mass is 16.6. The molecule has 21 heavy (non-hydrogen) atoms. The molecule has 114 valence electrons. The van der Waals surface area contributed by atoms with Gasteiger partial charge < -0.3 is 15.0 Å². The smallest absolute Gasteiger partial charge is 0.408 e. The maximum absolute atomic E-state index is 12.0. The first-order valence-corrected chi connectivity index (χ1v) is 7.37. The van der Waals surface area contributed by atoms with Gasteiger partial charge in [0.15, 0.2) is 0 Å². The highest BCUT2D eigenvalue weighted by Crippen LogP contribution is 2.27. The molecular formula is C17H24N2O2. The first-order valence-electron chi connectivity index (χ1n) is 7.37. The van der Waals surface area contributed by atoms with Crippen molar-refractivity contribution in [2.75, 3.05) is 0 Å². The molecule has 1 aromatic heterocycles. The molecule has 1 amide bonds. The first kappa shape index (κ1) is 15.4. The monoisotopic (exact) mass is 288 g/mol. The molecule has 0 aliphatic rings. The number of aromatic nitrogens is 1. The fraction of sp³-hybridized carbons (Fsp3) is 0.471. The Kier molecular flexibility index (Phi) is 4.26. The summed E-state index contributed by atoms with van der Waals surface area (Å²) in [5, 5.41) is 4.11. The minimum Gasteiger partial charge on any atom is -0.444 e. The molecule has 0 saturated carbocycles. The van der Waals surface area contributed by atoms with E-state index in [2.05, 4.69) is 42.3 Å². The number of amides is 1. The number of carbonyl (C=O) groups is 1. The molecule has 0 unspecified atom stereocenters. The summed E-state index contributed by atoms with van der Waals surface area (Å²) in [4.78, 5) is 15.2. The fourth-order valence-electron chi connectivity index (χ4n) is 2.39. The van der Waals surface area contributed by atoms with Crippen LogP contribution in [0.15, 0.2) is 24.4 Å². The number of alkyl carbamates (subject to hydrolysis) is 1. The van der Waals surface area contributed by atoms with Gasteiger partial charge in [-0.05, 0) is 51.8 Å². The van der Waals surface area contributed by atoms with Crippen molar-refractivity contribution >= 4 is 17.0 Å². The molecule has 0 aliphatic heterocycles. The van der Waals surface area contributed by atoms with Gasteiger partial charge in [-0.1, -0.05) is 18.6 Å². The Morgan fingerprint density at radius 1 is 1.38 bits per heavy atom. The fourth-order valence-corrected chi connectivity index (χ4v) is 2.39. The van der Waals surface area contributed by atoms with Crippen molar-refractivity contribution in [3.63, 3.8) is 0 Å². The number of ether oxygens (including phenoxy) is 1. The minimum absolute atomic E-state index is 0.0598. The number of benzene rings is 1. The summed E-state index contributed by atoms with van der Waals surface area (Å²) >= 11 is 0. The van der Waals surface area contributed by atoms with Gasteiger partial charge in [-0.2, -0.15) is 0 Å². The van der Waals surface area contributed by atoms with E-state index in [9.17, 15) is 4.79 Å². The highest BCUT2D eigenvalue weighted by molar-refractivity contribution is 5.85. The number of hydrogen-bond donors (Lipinski definition) is 2. The summed E-state index contributed by atoms with van der Waals surface area (Å²) in [7, 11) is 0. The average Bonchev–Trinajstić information content (AvgIpc) is 2.76. The summed E-state index contributed by atoms with van der Waals surface area (Å²) in [6.07, 6.45) is 2.40. The van der Waals surface area contributed by atoms with Crippen LogP contribution in [0.2, 0.25) is 0 Å². The van der Waals surface area contributed by atoms with E-state index in [0.717, 1.165) is 22.9 Å². The van der Waals surface area contributed by atoms with E-state index < -0.39 is 5.60 Å². The summed E-state index contributed by atoms with van der Waals surface area (Å²) in [6.45, 7) is 9.71. The maximum atomic E-state index is 12.0. The van der Waals surface area contributed by atoms with Crippen LogP contribution in [0.25, 0.3) is 10.9 Å². The Labute approximate surface area is 125 Å². The van der Waals surface area contributed by atoms with E-state index in [1.165, 1.54) is 5.56 Å². The van der Waals surface area contributed by atoms with Gasteiger partial charge in [0.05, 0.1) is 6.04 Å². The van der Waals surface area contributed by atoms with E-state index >= 15 is 0 Å². The van der Waals surface area contributed by atoms with E-state index in [4.69, 9.17) is 4.74 Å². The van der Waals surface area contributed by atoms with E-state index in [1.54, 1.807) is 0 Å². The predicted octanol–water partition coefficient (Wildman–Crippen LogP) is 4.45. The zero-order chi connectivity index (χ0) is 15.6. The SMILES string of the molecule is CC[C@H](NC(=O)OC(C)(C)C)c1c[nH]c2ccc(C)cc12. The molecule has 4 nitrogen and oxygen atoms in total. The molecule has 0 saturated heterocycles. The number of aryl methyl sites for hydroxylation is 1. The van der Waals surface area contributed by atoms with Gasteiger partial charge >= 0.3 is 6.09 Å². The third-order valence-corrected chi connectivity index (χ3v) is 3.34. The van der Waals surface area contributed by atoms with Crippen LogP contribution in [0.4, 0.5) is 4.79 Å². The molecule has 1 atom stereocenters. The zero-order valence-electron chi connectivity index (χ0n) is 13.4. The second-order valence-electron chi connectivity index (χ2n) is 6.40. The van der Waals surface area contributed by atoms with Gasteiger partial charge in [0.2, 0.25) is 0 Å². The standard InChI is InChI=1S/C17H24N2O2/c1-6-14(19-16(20)21-17(3,4)5)13-10-18-15-8-7-11(2)9-12(13)15/h7-10,14,18H,6H2,1-5H3,(H,19,20)/t14-/m0/s1. The topological polar surface area (TPSA) is 54.1 Å². The lowest BCUT2D eigenvalue weighted by atomic mass is 10.0. The number of rotatable bonds is 3. The Hall–Kier alpha value is -1.97. The largest absolute Gasteiger partial charge is 0.444 e. The van der Waals surface area contributed by atoms with Gasteiger partial charge in [0.25, 0.3) is 0 Å². The van der Waals surface area contributed by atoms with Gasteiger partial charge in [0, 0.05) is 17.1 Å². The van der Waals surface area contributed by atoms with Gasteiger partial charge in [-0.3, -0.25) is 0 Å². The Balaban J connectivity index is 2.23. The number of nitrogens with one attached hydrogen (secondary N) is 2. The quantitative estimate of drug-likeness (QED) is 0.876. The number of aromatic amines is 1. The molecule has 2 N–H and O–H groups in total. The van der Waals surface area contributed by atoms with Crippen molar-refractivity contribution in [3.05, 3.63) is 35.5 Å². The van der Waals surface area contributed by atoms with Gasteiger partial charge in [-0.25, -0.2) is 4.79 Å². The third-order valence-electron chi connectivity index (χ3n) is 3.34. The lowest BCUT2D eigenvalue weighted by Gasteiger charge is -2.23. The van der Waals surface area contributed by atoms with Crippen molar-refractivity contribution in [1.29, 1.82) is 0 Å². The van der Waals surface area contributed by atoms with Gasteiger partial charge in [-0.15, -0.1) is 0 Å². The molecule has 0 spiro atoms. The Morgan fingerprint density at radius 2 is 2.10 bits per heavy atom. The first-order chi connectivity index (χ1) is 9.80. The van der Waals surface area contributed by atoms with Crippen molar-refractivity contribution in [2.45, 2.75) is 52.7 Å². The Morgan fingerprint density at radius 3 is 2.71 bits per heavy atom. The van der Waals surface area contributed by atoms with Crippen LogP contribution in [-0.2, 0) is 4.74 Å². The number of hydrogen-bond acceptors (Lipinski definition) is 2. The summed E-state index contributed by atoms with van der Waals surface area (Å²) < 4.78 is 5.34. The van der Waals surface area contributed by atoms with Crippen molar-refractivity contribution in [3.8, 4) is 0 Å². The number of carbonyl (C=O) groups excluding carboxylic acids is 1. The molecule has 1 heterocycles. The number of H-pyrrole nitrogens is 1. The lowest BCUT2D eigenvalue weighted by molar-refractivity contribution is 0.0502. The molecule has 2 aromatic rings. The van der Waals surface area contributed by atoms with Crippen molar-refractivity contribution in [2.24, 2.45) is 0 Å². The molecule has 2 rings (SSSR count). The van der Waals surface area contributed by atoms with E-state index in [-0.39, 0.29) is 12.1 Å². The molecule has 1 aromatic carbocycles. The number of fused-ring (bicyclic) bond motifs is 1. The lowest BCUT2D eigenvalue weighted by Crippen LogP contribution is -2.34. The average molecular weight is 288 g/mol. The van der Waals surface area contributed by atoms with Crippen LogP contribution in [0, 0.1) is 6.92 Å². The van der Waals surface area contributed by atoms with Crippen molar-refractivity contribution in [1.82, 2.24) is 10.3 Å². The van der Waals surface area contributed by atoms with Crippen LogP contribution < -0.4 is 5.32 Å². The molecule has 0 bridgehead atoms. The normalized spacial score (nSPS) is 13.2. The molecular weight excluding hydrogens is 264 g/mol. The maximum Gasteiger partial charge on any atom is 0.408 e. The van der Waals surface area contributed by atoms with Crippen LogP contribution in [0.5, 0.6) is 0 Å². The highest BCUT2D eigenvalue weighted by Gasteiger charge is 2.21. The van der Waals surface area contributed by atoms with Crippen molar-refractivity contribution < 1.29 is 9.53 Å². The van der Waals surface area contributed by atoms with Crippen LogP contribution in [-0.4, -0.2) is 16.7 Å². The van der Waals surface area contributed by atoms with Crippen LogP contribution in [0.1, 0.15) is 51.3 Å².